The molecule has 0 aliphatic rings. The lowest BCUT2D eigenvalue weighted by Gasteiger charge is -2.23. The number of nitro groups is 1. The van der Waals surface area contributed by atoms with E-state index in [0.717, 1.165) is 5.69 Å². The zero-order valence-electron chi connectivity index (χ0n) is 15.1. The molecule has 0 spiro atoms. The van der Waals surface area contributed by atoms with Gasteiger partial charge in [0.2, 0.25) is 0 Å². The highest BCUT2D eigenvalue weighted by Crippen LogP contribution is 2.42. The number of aromatic nitrogens is 1. The average Bonchev–Trinajstić information content (AvgIpc) is 2.85. The molecule has 7 heteroatoms. The van der Waals surface area contributed by atoms with Gasteiger partial charge in [0.15, 0.2) is 0 Å². The highest BCUT2D eigenvalue weighted by Gasteiger charge is 2.31. The van der Waals surface area contributed by atoms with Gasteiger partial charge in [0.05, 0.1) is 28.6 Å². The summed E-state index contributed by atoms with van der Waals surface area (Å²) in [7, 11) is 1.57. The van der Waals surface area contributed by atoms with Crippen LogP contribution in [0.3, 0.4) is 0 Å². The largest absolute Gasteiger partial charge is 0.508 e. The maximum absolute atomic E-state index is 11.7. The molecule has 0 saturated heterocycles. The lowest BCUT2D eigenvalue weighted by atomic mass is 9.92. The Morgan fingerprint density at radius 3 is 2.31 bits per heavy atom. The summed E-state index contributed by atoms with van der Waals surface area (Å²) in [6.07, 6.45) is 0. The van der Waals surface area contributed by atoms with Gasteiger partial charge in [-0.3, -0.25) is 10.1 Å². The smallest absolute Gasteiger partial charge is 0.298 e. The third kappa shape index (κ3) is 2.66. The van der Waals surface area contributed by atoms with E-state index in [2.05, 4.69) is 0 Å². The molecule has 0 fully saturated rings. The molecule has 1 aromatic heterocycles. The van der Waals surface area contributed by atoms with Crippen LogP contribution in [-0.4, -0.2) is 21.7 Å². The Labute approximate surface area is 150 Å². The first-order chi connectivity index (χ1) is 12.2. The van der Waals surface area contributed by atoms with Crippen molar-refractivity contribution in [3.05, 3.63) is 57.8 Å². The molecule has 0 bridgehead atoms. The van der Waals surface area contributed by atoms with Crippen LogP contribution in [0.5, 0.6) is 11.5 Å². The van der Waals surface area contributed by atoms with E-state index in [1.165, 1.54) is 6.07 Å². The monoisotopic (exact) mass is 355 g/mol. The molecule has 0 radical (unpaired) electrons. The van der Waals surface area contributed by atoms with E-state index >= 15 is 0 Å². The third-order valence-electron chi connectivity index (χ3n) is 4.47. The lowest BCUT2D eigenvalue weighted by Crippen LogP contribution is -2.29. The summed E-state index contributed by atoms with van der Waals surface area (Å²) in [5.41, 5.74) is 7.57. The molecular weight excluding hydrogens is 334 g/mol. The fourth-order valence-electron chi connectivity index (χ4n) is 3.39. The zero-order valence-corrected chi connectivity index (χ0v) is 15.1. The summed E-state index contributed by atoms with van der Waals surface area (Å²) in [6.45, 7) is 5.20. The molecule has 0 atom stereocenters. The maximum Gasteiger partial charge on any atom is 0.298 e. The van der Waals surface area contributed by atoms with Crippen LogP contribution in [0.4, 0.5) is 5.69 Å². The molecule has 2 aromatic carbocycles. The molecule has 136 valence electrons. The van der Waals surface area contributed by atoms with Crippen LogP contribution in [0.25, 0.3) is 16.6 Å². The van der Waals surface area contributed by atoms with Crippen LogP contribution in [0.15, 0.2) is 36.4 Å². The van der Waals surface area contributed by atoms with E-state index in [4.69, 9.17) is 10.5 Å². The van der Waals surface area contributed by atoms with Gasteiger partial charge in [-0.05, 0) is 57.2 Å². The molecule has 3 N–H and O–H groups in total. The predicted octanol–water partition coefficient (Wildman–Crippen LogP) is 3.76. The number of methoxy groups -OCH3 is 1. The molecule has 0 unspecified atom stereocenters. The summed E-state index contributed by atoms with van der Waals surface area (Å²) in [6, 6.07) is 10.2. The first-order valence-electron chi connectivity index (χ1n) is 8.12. The van der Waals surface area contributed by atoms with Gasteiger partial charge in [0, 0.05) is 16.8 Å². The number of nitrogens with two attached hydrogens (primary N) is 1. The second-order valence-electron chi connectivity index (χ2n) is 6.80. The van der Waals surface area contributed by atoms with E-state index in [1.54, 1.807) is 50.6 Å². The van der Waals surface area contributed by atoms with Crippen molar-refractivity contribution in [2.75, 3.05) is 7.11 Å². The second kappa shape index (κ2) is 6.03. The molecule has 0 aliphatic heterocycles. The van der Waals surface area contributed by atoms with Gasteiger partial charge in [-0.1, -0.05) is 0 Å². The second-order valence-corrected chi connectivity index (χ2v) is 6.80. The quantitative estimate of drug-likeness (QED) is 0.548. The Kier molecular flexibility index (Phi) is 4.12. The molecule has 0 amide bonds. The predicted molar refractivity (Wildman–Crippen MR) is 100 cm³/mol. The minimum atomic E-state index is -0.896. The van der Waals surface area contributed by atoms with E-state index in [0.29, 0.717) is 27.9 Å². The molecule has 0 aliphatic carbocycles. The minimum absolute atomic E-state index is 0.00122. The van der Waals surface area contributed by atoms with Gasteiger partial charge in [0.25, 0.3) is 5.69 Å². The van der Waals surface area contributed by atoms with Gasteiger partial charge in [-0.15, -0.1) is 0 Å². The molecule has 26 heavy (non-hydrogen) atoms. The van der Waals surface area contributed by atoms with Crippen LogP contribution < -0.4 is 10.5 Å². The number of hydrogen-bond donors (Lipinski definition) is 2. The number of aromatic hydroxyl groups is 1. The van der Waals surface area contributed by atoms with Crippen LogP contribution in [0.1, 0.15) is 25.1 Å². The molecule has 1 heterocycles. The standard InChI is InChI=1S/C19H21N3O4/c1-11-17(22(24)25)14-9-10-15(23)16(19(2,3)20)18(14)21(11)12-5-7-13(26-4)8-6-12/h5-10,23H,20H2,1-4H3. The summed E-state index contributed by atoms with van der Waals surface area (Å²) in [5.74, 6) is 0.687. The van der Waals surface area contributed by atoms with Gasteiger partial charge in [-0.2, -0.15) is 0 Å². The number of phenolic OH excluding ortho intramolecular Hbond substituents is 1. The van der Waals surface area contributed by atoms with E-state index in [-0.39, 0.29) is 11.4 Å². The molecular formula is C19H21N3O4. The average molecular weight is 355 g/mol. The summed E-state index contributed by atoms with van der Waals surface area (Å²) in [5, 5.41) is 22.6. The summed E-state index contributed by atoms with van der Waals surface area (Å²) in [4.78, 5) is 11.3. The minimum Gasteiger partial charge on any atom is -0.508 e. The van der Waals surface area contributed by atoms with Crippen molar-refractivity contribution in [1.29, 1.82) is 0 Å². The SMILES string of the molecule is COc1ccc(-n2c(C)c([N+](=O)[O-])c3ccc(O)c(C(C)(C)N)c32)cc1. The van der Waals surface area contributed by atoms with Crippen molar-refractivity contribution in [3.8, 4) is 17.2 Å². The van der Waals surface area contributed by atoms with Crippen LogP contribution >= 0.6 is 0 Å². The fourth-order valence-corrected chi connectivity index (χ4v) is 3.39. The van der Waals surface area contributed by atoms with Crippen LogP contribution in [-0.2, 0) is 5.54 Å². The van der Waals surface area contributed by atoms with E-state index < -0.39 is 10.5 Å². The van der Waals surface area contributed by atoms with Crippen molar-refractivity contribution in [1.82, 2.24) is 4.57 Å². The normalized spacial score (nSPS) is 11.7. The van der Waals surface area contributed by atoms with Crippen molar-refractivity contribution in [2.24, 2.45) is 5.73 Å². The number of ether oxygens (including phenoxy) is 1. The van der Waals surface area contributed by atoms with E-state index in [1.807, 2.05) is 12.1 Å². The van der Waals surface area contributed by atoms with Gasteiger partial charge < -0.3 is 20.1 Å². The van der Waals surface area contributed by atoms with Gasteiger partial charge in [0.1, 0.15) is 11.5 Å². The first-order valence-corrected chi connectivity index (χ1v) is 8.12. The number of phenols is 1. The first kappa shape index (κ1) is 17.8. The van der Waals surface area contributed by atoms with Crippen LogP contribution in [0.2, 0.25) is 0 Å². The highest BCUT2D eigenvalue weighted by atomic mass is 16.6. The van der Waals surface area contributed by atoms with Crippen molar-refractivity contribution in [2.45, 2.75) is 26.3 Å². The lowest BCUT2D eigenvalue weighted by molar-refractivity contribution is -0.383. The Morgan fingerprint density at radius 2 is 1.81 bits per heavy atom. The molecule has 3 rings (SSSR count). The summed E-state index contributed by atoms with van der Waals surface area (Å²) < 4.78 is 6.95. The number of rotatable bonds is 4. The maximum atomic E-state index is 11.7. The van der Waals surface area contributed by atoms with E-state index in [9.17, 15) is 15.2 Å². The van der Waals surface area contributed by atoms with Crippen molar-refractivity contribution >= 4 is 16.6 Å². The Balaban J connectivity index is 2.49. The van der Waals surface area contributed by atoms with Gasteiger partial charge >= 0.3 is 0 Å². The number of hydrogen-bond acceptors (Lipinski definition) is 5. The molecule has 7 nitrogen and oxygen atoms in total. The summed E-state index contributed by atoms with van der Waals surface area (Å²) >= 11 is 0. The topological polar surface area (TPSA) is 104 Å². The van der Waals surface area contributed by atoms with Crippen molar-refractivity contribution < 1.29 is 14.8 Å². The molecule has 0 saturated carbocycles. The Bertz CT molecular complexity index is 999. The Hall–Kier alpha value is -3.06. The zero-order chi connectivity index (χ0) is 19.2. The highest BCUT2D eigenvalue weighted by molar-refractivity contribution is 5.97. The number of benzene rings is 2. The van der Waals surface area contributed by atoms with Crippen LogP contribution in [0, 0.1) is 17.0 Å². The number of fused-ring (bicyclic) bond motifs is 1. The van der Waals surface area contributed by atoms with Crippen molar-refractivity contribution in [3.63, 3.8) is 0 Å². The van der Waals surface area contributed by atoms with Gasteiger partial charge in [-0.25, -0.2) is 0 Å². The Morgan fingerprint density at radius 1 is 1.19 bits per heavy atom. The third-order valence-corrected chi connectivity index (χ3v) is 4.47. The number of nitrogens with zero attached hydrogens (tertiary/aromatic N) is 2. The fraction of sp³-hybridized carbons (Fsp3) is 0.263. The molecule has 3 aromatic rings.